The van der Waals surface area contributed by atoms with Crippen LogP contribution in [-0.4, -0.2) is 62.7 Å². The van der Waals surface area contributed by atoms with Gasteiger partial charge in [-0.05, 0) is 46.8 Å². The van der Waals surface area contributed by atoms with Gasteiger partial charge >= 0.3 is 0 Å². The summed E-state index contributed by atoms with van der Waals surface area (Å²) < 4.78 is 54.0. The Labute approximate surface area is 165 Å². The van der Waals surface area contributed by atoms with Crippen molar-refractivity contribution in [3.8, 4) is 0 Å². The fourth-order valence-corrected chi connectivity index (χ4v) is 4.46. The van der Waals surface area contributed by atoms with E-state index in [4.69, 9.17) is 23.1 Å². The summed E-state index contributed by atoms with van der Waals surface area (Å²) in [7, 11) is -4.10. The minimum absolute atomic E-state index is 0.00728. The molecule has 0 aliphatic carbocycles. The molecule has 158 valence electrons. The highest BCUT2D eigenvalue weighted by molar-refractivity contribution is 7.86. The Hall–Kier alpha value is -1.07. The molecule has 2 heterocycles. The molecule has 0 unspecified atom stereocenters. The third-order valence-corrected chi connectivity index (χ3v) is 6.02. The molecule has 2 aliphatic heterocycles. The highest BCUT2D eigenvalue weighted by Gasteiger charge is 2.53. The SMILES string of the molecule is Cc1ccc(S(=O)(=O)O[C@@H](CO)[C@H]2OC(C)(C)O[C@@H]2[C@H]2COC(C)(C)O2)cc1. The van der Waals surface area contributed by atoms with Crippen molar-refractivity contribution in [2.75, 3.05) is 13.2 Å². The van der Waals surface area contributed by atoms with Crippen molar-refractivity contribution in [2.24, 2.45) is 0 Å². The zero-order valence-electron chi connectivity index (χ0n) is 16.7. The number of rotatable bonds is 6. The third kappa shape index (κ3) is 4.73. The van der Waals surface area contributed by atoms with Crippen LogP contribution in [0.15, 0.2) is 29.2 Å². The summed E-state index contributed by atoms with van der Waals surface area (Å²) in [6, 6.07) is 6.28. The van der Waals surface area contributed by atoms with Gasteiger partial charge < -0.3 is 24.1 Å². The van der Waals surface area contributed by atoms with Gasteiger partial charge in [0.15, 0.2) is 11.6 Å². The van der Waals surface area contributed by atoms with Gasteiger partial charge in [0, 0.05) is 0 Å². The zero-order chi connectivity index (χ0) is 20.7. The summed E-state index contributed by atoms with van der Waals surface area (Å²) >= 11 is 0. The molecule has 1 N–H and O–H groups in total. The molecule has 1 aromatic carbocycles. The first-order valence-electron chi connectivity index (χ1n) is 9.21. The van der Waals surface area contributed by atoms with Gasteiger partial charge in [-0.15, -0.1) is 0 Å². The fraction of sp³-hybridized carbons (Fsp3) is 0.684. The van der Waals surface area contributed by atoms with Crippen molar-refractivity contribution in [3.05, 3.63) is 29.8 Å². The largest absolute Gasteiger partial charge is 0.394 e. The van der Waals surface area contributed by atoms with E-state index in [9.17, 15) is 13.5 Å². The quantitative estimate of drug-likeness (QED) is 0.700. The first-order chi connectivity index (χ1) is 12.9. The molecule has 2 aliphatic rings. The summed E-state index contributed by atoms with van der Waals surface area (Å²) in [6.45, 7) is 8.54. The van der Waals surface area contributed by atoms with Gasteiger partial charge in [0.1, 0.15) is 24.4 Å². The maximum Gasteiger partial charge on any atom is 0.297 e. The van der Waals surface area contributed by atoms with Crippen molar-refractivity contribution < 1.29 is 36.7 Å². The summed E-state index contributed by atoms with van der Waals surface area (Å²) in [6.07, 6.45) is -3.17. The number of aliphatic hydroxyl groups excluding tert-OH is 1. The molecule has 2 saturated heterocycles. The van der Waals surface area contributed by atoms with E-state index in [1.807, 2.05) is 6.92 Å². The topological polar surface area (TPSA) is 101 Å². The zero-order valence-corrected chi connectivity index (χ0v) is 17.6. The van der Waals surface area contributed by atoms with Crippen molar-refractivity contribution in [3.63, 3.8) is 0 Å². The van der Waals surface area contributed by atoms with Crippen LogP contribution in [0.3, 0.4) is 0 Å². The van der Waals surface area contributed by atoms with E-state index in [0.717, 1.165) is 5.56 Å². The molecular formula is C19H28O8S. The lowest BCUT2D eigenvalue weighted by molar-refractivity contribution is -0.175. The van der Waals surface area contributed by atoms with Gasteiger partial charge in [-0.1, -0.05) is 17.7 Å². The van der Waals surface area contributed by atoms with E-state index >= 15 is 0 Å². The standard InChI is InChI=1S/C19H28O8S/c1-12-6-8-13(9-7-12)28(21,22)27-14(10-20)16-17(26-19(4,5)25-16)15-11-23-18(2,3)24-15/h6-9,14-17,20H,10-11H2,1-5H3/t14-,15+,16+,17+/m0/s1. The van der Waals surface area contributed by atoms with E-state index in [0.29, 0.717) is 0 Å². The maximum atomic E-state index is 12.7. The van der Waals surface area contributed by atoms with Crippen molar-refractivity contribution in [2.45, 2.75) is 75.5 Å². The summed E-state index contributed by atoms with van der Waals surface area (Å²) in [5.41, 5.74) is 0.924. The molecule has 0 spiro atoms. The number of aryl methyl sites for hydroxylation is 1. The number of hydrogen-bond acceptors (Lipinski definition) is 8. The second-order valence-corrected chi connectivity index (χ2v) is 9.59. The van der Waals surface area contributed by atoms with Gasteiger partial charge in [-0.25, -0.2) is 0 Å². The maximum absolute atomic E-state index is 12.7. The highest BCUT2D eigenvalue weighted by atomic mass is 32.2. The van der Waals surface area contributed by atoms with E-state index in [2.05, 4.69) is 0 Å². The lowest BCUT2D eigenvalue weighted by atomic mass is 10.0. The van der Waals surface area contributed by atoms with Gasteiger partial charge in [0.05, 0.1) is 18.1 Å². The Morgan fingerprint density at radius 2 is 1.75 bits per heavy atom. The van der Waals surface area contributed by atoms with E-state index < -0.39 is 52.7 Å². The molecule has 0 aromatic heterocycles. The Kier molecular flexibility index (Phi) is 5.90. The van der Waals surface area contributed by atoms with Crippen LogP contribution in [0.5, 0.6) is 0 Å². The van der Waals surface area contributed by atoms with E-state index in [1.165, 1.54) is 12.1 Å². The second-order valence-electron chi connectivity index (χ2n) is 8.02. The summed E-state index contributed by atoms with van der Waals surface area (Å²) in [4.78, 5) is 0.00728. The third-order valence-electron chi connectivity index (χ3n) is 4.67. The van der Waals surface area contributed by atoms with Crippen LogP contribution in [-0.2, 0) is 33.2 Å². The number of ether oxygens (including phenoxy) is 4. The van der Waals surface area contributed by atoms with Crippen molar-refractivity contribution >= 4 is 10.1 Å². The second kappa shape index (κ2) is 7.64. The molecule has 3 rings (SSSR count). The van der Waals surface area contributed by atoms with Crippen LogP contribution in [0.1, 0.15) is 33.3 Å². The average Bonchev–Trinajstić information content (AvgIpc) is 3.11. The molecule has 9 heteroatoms. The minimum atomic E-state index is -4.10. The lowest BCUT2D eigenvalue weighted by Gasteiger charge is -2.27. The van der Waals surface area contributed by atoms with Gasteiger partial charge in [0.2, 0.25) is 0 Å². The summed E-state index contributed by atoms with van der Waals surface area (Å²) in [5.74, 6) is -1.77. The molecule has 0 radical (unpaired) electrons. The van der Waals surface area contributed by atoms with Gasteiger partial charge in [0.25, 0.3) is 10.1 Å². The van der Waals surface area contributed by atoms with Crippen LogP contribution in [0.4, 0.5) is 0 Å². The molecule has 0 saturated carbocycles. The Balaban J connectivity index is 1.82. The Morgan fingerprint density at radius 3 is 2.29 bits per heavy atom. The minimum Gasteiger partial charge on any atom is -0.394 e. The van der Waals surface area contributed by atoms with Crippen molar-refractivity contribution in [1.29, 1.82) is 0 Å². The lowest BCUT2D eigenvalue weighted by Crippen LogP contribution is -2.47. The van der Waals surface area contributed by atoms with E-state index in [-0.39, 0.29) is 11.5 Å². The number of benzene rings is 1. The van der Waals surface area contributed by atoms with Crippen LogP contribution in [0.25, 0.3) is 0 Å². The van der Waals surface area contributed by atoms with Crippen LogP contribution >= 0.6 is 0 Å². The molecule has 28 heavy (non-hydrogen) atoms. The first-order valence-corrected chi connectivity index (χ1v) is 10.6. The van der Waals surface area contributed by atoms with Gasteiger partial charge in [-0.2, -0.15) is 8.42 Å². The smallest absolute Gasteiger partial charge is 0.297 e. The van der Waals surface area contributed by atoms with Crippen LogP contribution in [0, 0.1) is 6.92 Å². The first kappa shape index (κ1) is 21.6. The van der Waals surface area contributed by atoms with E-state index in [1.54, 1.807) is 39.8 Å². The molecule has 0 amide bonds. The normalized spacial score (nSPS) is 30.4. The summed E-state index contributed by atoms with van der Waals surface area (Å²) in [5, 5.41) is 9.88. The van der Waals surface area contributed by atoms with Crippen LogP contribution < -0.4 is 0 Å². The monoisotopic (exact) mass is 416 g/mol. The predicted molar refractivity (Wildman–Crippen MR) is 99.1 cm³/mol. The molecular weight excluding hydrogens is 388 g/mol. The Morgan fingerprint density at radius 1 is 1.11 bits per heavy atom. The molecule has 8 nitrogen and oxygen atoms in total. The molecule has 4 atom stereocenters. The number of hydrogen-bond donors (Lipinski definition) is 1. The fourth-order valence-electron chi connectivity index (χ4n) is 3.38. The van der Waals surface area contributed by atoms with Crippen molar-refractivity contribution in [1.82, 2.24) is 0 Å². The number of aliphatic hydroxyl groups is 1. The average molecular weight is 416 g/mol. The molecule has 0 bridgehead atoms. The molecule has 2 fully saturated rings. The Bertz CT molecular complexity index is 787. The highest BCUT2D eigenvalue weighted by Crippen LogP contribution is 2.37. The predicted octanol–water partition coefficient (Wildman–Crippen LogP) is 1.73. The molecule has 1 aromatic rings. The van der Waals surface area contributed by atoms with Gasteiger partial charge in [-0.3, -0.25) is 4.18 Å². The van der Waals surface area contributed by atoms with Crippen LogP contribution in [0.2, 0.25) is 0 Å².